The Kier molecular flexibility index (Phi) is 4.55. The zero-order chi connectivity index (χ0) is 13.8. The van der Waals surface area contributed by atoms with Crippen LogP contribution < -0.4 is 5.32 Å². The molecule has 0 amide bonds. The van der Waals surface area contributed by atoms with E-state index in [4.69, 9.17) is 4.74 Å². The third-order valence-electron chi connectivity index (χ3n) is 2.48. The summed E-state index contributed by atoms with van der Waals surface area (Å²) in [6.07, 6.45) is 0. The number of carbonyl (C=O) groups is 1. The molecule has 0 radical (unpaired) electrons. The second kappa shape index (κ2) is 6.16. The van der Waals surface area contributed by atoms with Crippen molar-refractivity contribution in [3.8, 4) is 0 Å². The molecule has 19 heavy (non-hydrogen) atoms. The van der Waals surface area contributed by atoms with Crippen LogP contribution in [0.1, 0.15) is 10.9 Å². The van der Waals surface area contributed by atoms with Gasteiger partial charge in [-0.05, 0) is 45.6 Å². The smallest absolute Gasteiger partial charge is 0.333 e. The fraction of sp³-hybridized carbons (Fsp3) is 0.154. The van der Waals surface area contributed by atoms with E-state index in [9.17, 15) is 9.18 Å². The number of anilines is 1. The summed E-state index contributed by atoms with van der Waals surface area (Å²) < 4.78 is 18.8. The normalized spacial score (nSPS) is 11.9. The number of nitrogens with one attached hydrogen (secondary N) is 1. The summed E-state index contributed by atoms with van der Waals surface area (Å²) in [6.45, 7) is 0. The monoisotopic (exact) mass is 343 g/mol. The predicted molar refractivity (Wildman–Crippen MR) is 76.8 cm³/mol. The van der Waals surface area contributed by atoms with Gasteiger partial charge in [-0.25, -0.2) is 9.18 Å². The van der Waals surface area contributed by atoms with E-state index in [1.807, 2.05) is 11.4 Å². The lowest BCUT2D eigenvalue weighted by atomic mass is 10.2. The lowest BCUT2D eigenvalue weighted by Gasteiger charge is -2.17. The zero-order valence-electron chi connectivity index (χ0n) is 10.0. The number of ether oxygens (including phenoxy) is 1. The Morgan fingerprint density at radius 2 is 2.26 bits per heavy atom. The van der Waals surface area contributed by atoms with Gasteiger partial charge in [0.15, 0.2) is 6.04 Å². The molecule has 3 nitrogen and oxygen atoms in total. The van der Waals surface area contributed by atoms with Crippen LogP contribution in [0.15, 0.2) is 40.2 Å². The number of halogens is 2. The highest BCUT2D eigenvalue weighted by Gasteiger charge is 2.24. The molecule has 0 spiro atoms. The second-order valence-corrected chi connectivity index (χ2v) is 5.55. The zero-order valence-corrected chi connectivity index (χ0v) is 12.4. The largest absolute Gasteiger partial charge is 0.467 e. The maximum absolute atomic E-state index is 13.2. The number of rotatable bonds is 4. The number of esters is 1. The molecule has 0 aliphatic heterocycles. The molecular formula is C13H11BrFNO2S. The van der Waals surface area contributed by atoms with E-state index < -0.39 is 12.0 Å². The standard InChI is InChI=1S/C13H11BrFNO2S/c1-18-13(17)11(12-10(14)5-6-19-12)16-9-4-2-3-8(15)7-9/h2-7,11,16H,1H3. The van der Waals surface area contributed by atoms with Crippen molar-refractivity contribution in [2.45, 2.75) is 6.04 Å². The summed E-state index contributed by atoms with van der Waals surface area (Å²) in [6, 6.07) is 7.14. The van der Waals surface area contributed by atoms with E-state index in [2.05, 4.69) is 21.2 Å². The van der Waals surface area contributed by atoms with E-state index in [0.717, 1.165) is 9.35 Å². The molecule has 1 heterocycles. The molecule has 0 fully saturated rings. The molecule has 0 aliphatic rings. The first-order valence-electron chi connectivity index (χ1n) is 5.44. The third-order valence-corrected chi connectivity index (χ3v) is 4.42. The van der Waals surface area contributed by atoms with Crippen LogP contribution in [-0.2, 0) is 9.53 Å². The van der Waals surface area contributed by atoms with Crippen molar-refractivity contribution in [1.82, 2.24) is 0 Å². The quantitative estimate of drug-likeness (QED) is 0.853. The van der Waals surface area contributed by atoms with Crippen molar-refractivity contribution in [3.63, 3.8) is 0 Å². The summed E-state index contributed by atoms with van der Waals surface area (Å²) in [5.74, 6) is -0.786. The number of methoxy groups -OCH3 is 1. The Morgan fingerprint density at radius 1 is 1.47 bits per heavy atom. The van der Waals surface area contributed by atoms with Gasteiger partial charge in [0.25, 0.3) is 0 Å². The van der Waals surface area contributed by atoms with Gasteiger partial charge in [-0.3, -0.25) is 0 Å². The first-order valence-corrected chi connectivity index (χ1v) is 7.12. The summed E-state index contributed by atoms with van der Waals surface area (Å²) in [5.41, 5.74) is 0.524. The van der Waals surface area contributed by atoms with Gasteiger partial charge >= 0.3 is 5.97 Å². The molecule has 1 N–H and O–H groups in total. The summed E-state index contributed by atoms with van der Waals surface area (Å²) in [4.78, 5) is 12.6. The summed E-state index contributed by atoms with van der Waals surface area (Å²) >= 11 is 4.80. The molecular weight excluding hydrogens is 333 g/mol. The Morgan fingerprint density at radius 3 is 2.84 bits per heavy atom. The molecule has 0 bridgehead atoms. The van der Waals surface area contributed by atoms with Crippen molar-refractivity contribution in [2.75, 3.05) is 12.4 Å². The Hall–Kier alpha value is -1.40. The lowest BCUT2D eigenvalue weighted by molar-refractivity contribution is -0.141. The lowest BCUT2D eigenvalue weighted by Crippen LogP contribution is -2.21. The highest BCUT2D eigenvalue weighted by atomic mass is 79.9. The molecule has 2 aromatic rings. The minimum atomic E-state index is -0.666. The van der Waals surface area contributed by atoms with Gasteiger partial charge in [-0.15, -0.1) is 11.3 Å². The maximum Gasteiger partial charge on any atom is 0.333 e. The topological polar surface area (TPSA) is 38.3 Å². The predicted octanol–water partition coefficient (Wildman–Crippen LogP) is 3.98. The van der Waals surface area contributed by atoms with E-state index in [-0.39, 0.29) is 5.82 Å². The number of hydrogen-bond acceptors (Lipinski definition) is 4. The van der Waals surface area contributed by atoms with Crippen LogP contribution in [0.5, 0.6) is 0 Å². The van der Waals surface area contributed by atoms with Gasteiger partial charge in [-0.1, -0.05) is 6.07 Å². The van der Waals surface area contributed by atoms with Crippen LogP contribution in [0.3, 0.4) is 0 Å². The Labute approximate surface area is 122 Å². The summed E-state index contributed by atoms with van der Waals surface area (Å²) in [7, 11) is 1.32. The van der Waals surface area contributed by atoms with Crippen LogP contribution in [0.4, 0.5) is 10.1 Å². The molecule has 2 rings (SSSR count). The molecule has 1 atom stereocenters. The van der Waals surface area contributed by atoms with Gasteiger partial charge in [-0.2, -0.15) is 0 Å². The Balaban J connectivity index is 2.29. The number of carbonyl (C=O) groups excluding carboxylic acids is 1. The number of hydrogen-bond donors (Lipinski definition) is 1. The van der Waals surface area contributed by atoms with Crippen molar-refractivity contribution < 1.29 is 13.9 Å². The highest BCUT2D eigenvalue weighted by Crippen LogP contribution is 2.32. The average Bonchev–Trinajstić information content (AvgIpc) is 2.81. The second-order valence-electron chi connectivity index (χ2n) is 3.74. The van der Waals surface area contributed by atoms with Crippen molar-refractivity contribution in [3.05, 3.63) is 50.9 Å². The van der Waals surface area contributed by atoms with E-state index in [1.165, 1.54) is 30.6 Å². The molecule has 1 aromatic heterocycles. The molecule has 0 aliphatic carbocycles. The molecule has 100 valence electrons. The molecule has 1 unspecified atom stereocenters. The SMILES string of the molecule is COC(=O)C(Nc1cccc(F)c1)c1sccc1Br. The maximum atomic E-state index is 13.2. The van der Waals surface area contributed by atoms with E-state index in [0.29, 0.717) is 5.69 Å². The van der Waals surface area contributed by atoms with Crippen molar-refractivity contribution in [1.29, 1.82) is 0 Å². The van der Waals surface area contributed by atoms with Crippen LogP contribution in [0, 0.1) is 5.82 Å². The number of benzene rings is 1. The van der Waals surface area contributed by atoms with Gasteiger partial charge in [0.05, 0.1) is 12.0 Å². The first-order chi connectivity index (χ1) is 9.11. The average molecular weight is 344 g/mol. The first kappa shape index (κ1) is 14.0. The van der Waals surface area contributed by atoms with Crippen LogP contribution in [-0.4, -0.2) is 13.1 Å². The van der Waals surface area contributed by atoms with Crippen molar-refractivity contribution >= 4 is 38.9 Å². The Bertz CT molecular complexity index is 588. The van der Waals surface area contributed by atoms with Crippen molar-refractivity contribution in [2.24, 2.45) is 0 Å². The fourth-order valence-electron chi connectivity index (χ4n) is 1.61. The van der Waals surface area contributed by atoms with Crippen LogP contribution in [0.2, 0.25) is 0 Å². The minimum absolute atomic E-state index is 0.362. The third kappa shape index (κ3) is 3.33. The van der Waals surface area contributed by atoms with E-state index >= 15 is 0 Å². The molecule has 0 saturated heterocycles. The minimum Gasteiger partial charge on any atom is -0.467 e. The van der Waals surface area contributed by atoms with E-state index in [1.54, 1.807) is 12.1 Å². The molecule has 6 heteroatoms. The van der Waals surface area contributed by atoms with Gasteiger partial charge in [0.1, 0.15) is 5.82 Å². The fourth-order valence-corrected chi connectivity index (χ4v) is 3.24. The number of thiophene rings is 1. The van der Waals surface area contributed by atoms with Gasteiger partial charge < -0.3 is 10.1 Å². The van der Waals surface area contributed by atoms with Crippen LogP contribution >= 0.6 is 27.3 Å². The van der Waals surface area contributed by atoms with Crippen LogP contribution in [0.25, 0.3) is 0 Å². The highest BCUT2D eigenvalue weighted by molar-refractivity contribution is 9.10. The van der Waals surface area contributed by atoms with Gasteiger partial charge in [0.2, 0.25) is 0 Å². The molecule has 0 saturated carbocycles. The molecule has 1 aromatic carbocycles. The van der Waals surface area contributed by atoms with Gasteiger partial charge in [0, 0.05) is 10.2 Å². The summed E-state index contributed by atoms with van der Waals surface area (Å²) in [5, 5.41) is 4.84.